The van der Waals surface area contributed by atoms with Gasteiger partial charge in [-0.2, -0.15) is 0 Å². The molecular formula is C11H18O2. The molecular weight excluding hydrogens is 164 g/mol. The Morgan fingerprint density at radius 3 is 2.85 bits per heavy atom. The average Bonchev–Trinajstić information content (AvgIpc) is 2.32. The molecule has 0 aromatic heterocycles. The molecule has 0 radical (unpaired) electrons. The van der Waals surface area contributed by atoms with Gasteiger partial charge in [0, 0.05) is 5.92 Å². The van der Waals surface area contributed by atoms with Crippen LogP contribution in [0.25, 0.3) is 0 Å². The van der Waals surface area contributed by atoms with Gasteiger partial charge in [-0.25, -0.2) is 0 Å². The Hall–Kier alpha value is -0.530. The molecule has 2 nitrogen and oxygen atoms in total. The van der Waals surface area contributed by atoms with Gasteiger partial charge in [0.15, 0.2) is 0 Å². The van der Waals surface area contributed by atoms with Gasteiger partial charge < -0.3 is 4.74 Å². The van der Waals surface area contributed by atoms with Crippen molar-refractivity contribution in [3.8, 4) is 0 Å². The molecule has 0 unspecified atom stereocenters. The zero-order chi connectivity index (χ0) is 9.26. The van der Waals surface area contributed by atoms with Crippen molar-refractivity contribution in [1.82, 2.24) is 0 Å². The van der Waals surface area contributed by atoms with Crippen LogP contribution < -0.4 is 0 Å². The summed E-state index contributed by atoms with van der Waals surface area (Å²) in [4.78, 5) is 11.5. The molecule has 0 aromatic rings. The first kappa shape index (κ1) is 9.04. The Balaban J connectivity index is 2.09. The highest BCUT2D eigenvalue weighted by Crippen LogP contribution is 2.38. The first-order valence-electron chi connectivity index (χ1n) is 5.53. The molecule has 2 fully saturated rings. The molecule has 3 atom stereocenters. The van der Waals surface area contributed by atoms with E-state index in [0.29, 0.717) is 5.92 Å². The predicted octanol–water partition coefficient (Wildman–Crippen LogP) is 2.52. The van der Waals surface area contributed by atoms with E-state index in [1.54, 1.807) is 0 Å². The first-order chi connectivity index (χ1) is 6.33. The summed E-state index contributed by atoms with van der Waals surface area (Å²) in [5, 5.41) is 0. The van der Waals surface area contributed by atoms with E-state index in [-0.39, 0.29) is 18.0 Å². The molecule has 2 aliphatic rings. The SMILES string of the molecule is CC[C@H]1C(=O)O[C@H]2CCCCC[C@H]21. The lowest BCUT2D eigenvalue weighted by Gasteiger charge is -2.16. The van der Waals surface area contributed by atoms with Crippen LogP contribution in [0.15, 0.2) is 0 Å². The predicted molar refractivity (Wildman–Crippen MR) is 50.2 cm³/mol. The molecule has 1 saturated heterocycles. The van der Waals surface area contributed by atoms with Crippen LogP contribution in [0.1, 0.15) is 45.4 Å². The summed E-state index contributed by atoms with van der Waals surface area (Å²) in [6, 6.07) is 0. The second kappa shape index (κ2) is 3.69. The summed E-state index contributed by atoms with van der Waals surface area (Å²) in [5.41, 5.74) is 0. The van der Waals surface area contributed by atoms with Crippen LogP contribution in [-0.4, -0.2) is 12.1 Å². The number of hydrogen-bond acceptors (Lipinski definition) is 2. The lowest BCUT2D eigenvalue weighted by molar-refractivity contribution is -0.144. The largest absolute Gasteiger partial charge is 0.462 e. The van der Waals surface area contributed by atoms with Crippen LogP contribution in [-0.2, 0) is 9.53 Å². The van der Waals surface area contributed by atoms with Crippen LogP contribution in [0.2, 0.25) is 0 Å². The topological polar surface area (TPSA) is 26.3 Å². The monoisotopic (exact) mass is 182 g/mol. The number of rotatable bonds is 1. The van der Waals surface area contributed by atoms with E-state index in [9.17, 15) is 4.79 Å². The Bertz CT molecular complexity index is 200. The maximum absolute atomic E-state index is 11.5. The normalized spacial score (nSPS) is 39.5. The van der Waals surface area contributed by atoms with E-state index >= 15 is 0 Å². The van der Waals surface area contributed by atoms with E-state index in [0.717, 1.165) is 12.8 Å². The van der Waals surface area contributed by atoms with Crippen molar-refractivity contribution in [2.24, 2.45) is 11.8 Å². The zero-order valence-electron chi connectivity index (χ0n) is 8.29. The fraction of sp³-hybridized carbons (Fsp3) is 0.909. The molecule has 0 amide bonds. The van der Waals surface area contributed by atoms with Crippen molar-refractivity contribution in [3.05, 3.63) is 0 Å². The minimum atomic E-state index is 0.0689. The lowest BCUT2D eigenvalue weighted by Crippen LogP contribution is -2.19. The standard InChI is InChI=1S/C11H18O2/c1-2-8-9-6-4-3-5-7-10(9)13-11(8)12/h8-10H,2-7H2,1H3/t8-,9+,10+/m1/s1. The summed E-state index contributed by atoms with van der Waals surface area (Å²) in [6.45, 7) is 2.10. The minimum absolute atomic E-state index is 0.0689. The van der Waals surface area contributed by atoms with Gasteiger partial charge in [-0.3, -0.25) is 4.79 Å². The molecule has 2 heteroatoms. The van der Waals surface area contributed by atoms with Crippen molar-refractivity contribution in [2.75, 3.05) is 0 Å². The highest BCUT2D eigenvalue weighted by atomic mass is 16.6. The maximum atomic E-state index is 11.5. The lowest BCUT2D eigenvalue weighted by atomic mass is 9.85. The van der Waals surface area contributed by atoms with Gasteiger partial charge >= 0.3 is 5.97 Å². The molecule has 74 valence electrons. The number of carbonyl (C=O) groups is 1. The Labute approximate surface area is 79.7 Å². The second-order valence-corrected chi connectivity index (χ2v) is 4.29. The van der Waals surface area contributed by atoms with Gasteiger partial charge in [0.05, 0.1) is 5.92 Å². The fourth-order valence-corrected chi connectivity index (χ4v) is 2.79. The van der Waals surface area contributed by atoms with Crippen LogP contribution in [0.5, 0.6) is 0 Å². The highest BCUT2D eigenvalue weighted by Gasteiger charge is 2.43. The molecule has 1 heterocycles. The Morgan fingerprint density at radius 2 is 2.08 bits per heavy atom. The molecule has 1 aliphatic heterocycles. The van der Waals surface area contributed by atoms with E-state index in [1.165, 1.54) is 25.7 Å². The van der Waals surface area contributed by atoms with Crippen molar-refractivity contribution < 1.29 is 9.53 Å². The van der Waals surface area contributed by atoms with Gasteiger partial charge in [-0.1, -0.05) is 19.8 Å². The first-order valence-corrected chi connectivity index (χ1v) is 5.53. The molecule has 1 aliphatic carbocycles. The molecule has 0 N–H and O–H groups in total. The fourth-order valence-electron chi connectivity index (χ4n) is 2.79. The van der Waals surface area contributed by atoms with E-state index in [2.05, 4.69) is 6.92 Å². The van der Waals surface area contributed by atoms with Crippen molar-refractivity contribution in [1.29, 1.82) is 0 Å². The third-order valence-corrected chi connectivity index (χ3v) is 3.53. The van der Waals surface area contributed by atoms with Gasteiger partial charge in [-0.15, -0.1) is 0 Å². The molecule has 1 saturated carbocycles. The smallest absolute Gasteiger partial charge is 0.309 e. The third-order valence-electron chi connectivity index (χ3n) is 3.53. The number of ether oxygens (including phenoxy) is 1. The van der Waals surface area contributed by atoms with Gasteiger partial charge in [0.25, 0.3) is 0 Å². The van der Waals surface area contributed by atoms with Crippen LogP contribution in [0.3, 0.4) is 0 Å². The van der Waals surface area contributed by atoms with Gasteiger partial charge in [0.1, 0.15) is 6.10 Å². The van der Waals surface area contributed by atoms with Crippen LogP contribution in [0, 0.1) is 11.8 Å². The minimum Gasteiger partial charge on any atom is -0.462 e. The second-order valence-electron chi connectivity index (χ2n) is 4.29. The Morgan fingerprint density at radius 1 is 1.31 bits per heavy atom. The molecule has 0 bridgehead atoms. The summed E-state index contributed by atoms with van der Waals surface area (Å²) < 4.78 is 5.41. The van der Waals surface area contributed by atoms with Gasteiger partial charge in [0.2, 0.25) is 0 Å². The summed E-state index contributed by atoms with van der Waals surface area (Å²) in [7, 11) is 0. The number of hydrogen-bond donors (Lipinski definition) is 0. The third kappa shape index (κ3) is 1.59. The summed E-state index contributed by atoms with van der Waals surface area (Å²) in [6.07, 6.45) is 7.38. The number of fused-ring (bicyclic) bond motifs is 1. The number of esters is 1. The van der Waals surface area contributed by atoms with Crippen molar-refractivity contribution in [3.63, 3.8) is 0 Å². The van der Waals surface area contributed by atoms with Crippen molar-refractivity contribution in [2.45, 2.75) is 51.6 Å². The van der Waals surface area contributed by atoms with Crippen LogP contribution in [0.4, 0.5) is 0 Å². The maximum Gasteiger partial charge on any atom is 0.309 e. The number of carbonyl (C=O) groups excluding carboxylic acids is 1. The van der Waals surface area contributed by atoms with E-state index < -0.39 is 0 Å². The quantitative estimate of drug-likeness (QED) is 0.582. The average molecular weight is 182 g/mol. The van der Waals surface area contributed by atoms with Crippen LogP contribution >= 0.6 is 0 Å². The highest BCUT2D eigenvalue weighted by molar-refractivity contribution is 5.75. The Kier molecular flexibility index (Phi) is 2.56. The molecule has 0 spiro atoms. The van der Waals surface area contributed by atoms with E-state index in [1.807, 2.05) is 0 Å². The summed E-state index contributed by atoms with van der Waals surface area (Å²) in [5.74, 6) is 0.822. The van der Waals surface area contributed by atoms with Gasteiger partial charge in [-0.05, 0) is 25.7 Å². The summed E-state index contributed by atoms with van der Waals surface area (Å²) >= 11 is 0. The molecule has 0 aromatic carbocycles. The molecule has 2 rings (SSSR count). The van der Waals surface area contributed by atoms with E-state index in [4.69, 9.17) is 4.74 Å². The zero-order valence-corrected chi connectivity index (χ0v) is 8.29. The van der Waals surface area contributed by atoms with Crippen molar-refractivity contribution >= 4 is 5.97 Å². The molecule has 13 heavy (non-hydrogen) atoms.